The van der Waals surface area contributed by atoms with Gasteiger partial charge in [0.05, 0.1) is 18.6 Å². The van der Waals surface area contributed by atoms with Crippen molar-refractivity contribution in [3.8, 4) is 5.75 Å². The van der Waals surface area contributed by atoms with Gasteiger partial charge in [-0.05, 0) is 30.3 Å². The van der Waals surface area contributed by atoms with E-state index in [0.717, 1.165) is 0 Å². The minimum Gasteiger partial charge on any atom is -0.497 e. The maximum absolute atomic E-state index is 12.1. The zero-order valence-corrected chi connectivity index (χ0v) is 11.8. The second-order valence-corrected chi connectivity index (χ2v) is 6.42. The molecule has 0 aliphatic rings. The molecule has 0 amide bonds. The standard InChI is InChI=1S/C12H13NO4S2/c1-17-10-4-2-9(3-5-10)13-19(15,16)12-6-11(7-14)18-8-12/h2-6,8,13-14H,7H2,1H3. The maximum atomic E-state index is 12.1. The van der Waals surface area contributed by atoms with Crippen molar-refractivity contribution in [3.63, 3.8) is 0 Å². The maximum Gasteiger partial charge on any atom is 0.262 e. The first-order valence-electron chi connectivity index (χ1n) is 5.40. The first-order chi connectivity index (χ1) is 9.05. The van der Waals surface area contributed by atoms with E-state index in [9.17, 15) is 8.42 Å². The summed E-state index contributed by atoms with van der Waals surface area (Å²) in [6.45, 7) is -0.164. The number of aliphatic hydroxyl groups excluding tert-OH is 1. The van der Waals surface area contributed by atoms with E-state index in [1.54, 1.807) is 31.4 Å². The lowest BCUT2D eigenvalue weighted by atomic mass is 10.3. The minimum atomic E-state index is -3.61. The average Bonchev–Trinajstić information content (AvgIpc) is 2.89. The van der Waals surface area contributed by atoms with Crippen LogP contribution >= 0.6 is 11.3 Å². The number of thiophene rings is 1. The Balaban J connectivity index is 2.20. The smallest absolute Gasteiger partial charge is 0.262 e. The zero-order valence-electron chi connectivity index (χ0n) is 10.2. The highest BCUT2D eigenvalue weighted by atomic mass is 32.2. The molecule has 0 fully saturated rings. The Morgan fingerprint density at radius 3 is 2.53 bits per heavy atom. The molecule has 0 aliphatic heterocycles. The molecule has 0 bridgehead atoms. The summed E-state index contributed by atoms with van der Waals surface area (Å²) in [5.41, 5.74) is 0.456. The Morgan fingerprint density at radius 2 is 2.00 bits per heavy atom. The van der Waals surface area contributed by atoms with Gasteiger partial charge in [-0.25, -0.2) is 8.42 Å². The molecule has 1 aromatic heterocycles. The van der Waals surface area contributed by atoms with Crippen LogP contribution in [0.25, 0.3) is 0 Å². The van der Waals surface area contributed by atoms with E-state index in [2.05, 4.69) is 4.72 Å². The fourth-order valence-electron chi connectivity index (χ4n) is 1.46. The third kappa shape index (κ3) is 3.25. The highest BCUT2D eigenvalue weighted by molar-refractivity contribution is 7.92. The van der Waals surface area contributed by atoms with Crippen LogP contribution < -0.4 is 9.46 Å². The van der Waals surface area contributed by atoms with Gasteiger partial charge >= 0.3 is 0 Å². The topological polar surface area (TPSA) is 75.6 Å². The van der Waals surface area contributed by atoms with Crippen LogP contribution in [0.3, 0.4) is 0 Å². The Morgan fingerprint density at radius 1 is 1.32 bits per heavy atom. The van der Waals surface area contributed by atoms with Gasteiger partial charge in [0, 0.05) is 15.9 Å². The molecule has 1 aromatic carbocycles. The summed E-state index contributed by atoms with van der Waals surface area (Å²) in [6.07, 6.45) is 0. The lowest BCUT2D eigenvalue weighted by Crippen LogP contribution is -2.11. The molecule has 5 nitrogen and oxygen atoms in total. The summed E-state index contributed by atoms with van der Waals surface area (Å²) in [4.78, 5) is 0.757. The summed E-state index contributed by atoms with van der Waals surface area (Å²) in [5.74, 6) is 0.654. The monoisotopic (exact) mass is 299 g/mol. The third-order valence-electron chi connectivity index (χ3n) is 2.44. The summed E-state index contributed by atoms with van der Waals surface area (Å²) in [7, 11) is -2.07. The van der Waals surface area contributed by atoms with Gasteiger partial charge in [0.25, 0.3) is 10.0 Å². The number of methoxy groups -OCH3 is 1. The molecule has 7 heteroatoms. The van der Waals surface area contributed by atoms with Crippen molar-refractivity contribution in [2.24, 2.45) is 0 Å². The summed E-state index contributed by atoms with van der Waals surface area (Å²) < 4.78 is 31.6. The van der Waals surface area contributed by atoms with Gasteiger partial charge in [-0.15, -0.1) is 11.3 Å². The summed E-state index contributed by atoms with van der Waals surface area (Å²) in [5, 5.41) is 10.4. The normalized spacial score (nSPS) is 11.3. The van der Waals surface area contributed by atoms with Gasteiger partial charge in [0.2, 0.25) is 0 Å². The molecule has 0 spiro atoms. The highest BCUT2D eigenvalue weighted by Crippen LogP contribution is 2.23. The van der Waals surface area contributed by atoms with E-state index >= 15 is 0 Å². The predicted octanol–water partition coefficient (Wildman–Crippen LogP) is 2.05. The molecule has 0 radical (unpaired) electrons. The van der Waals surface area contributed by atoms with E-state index in [1.165, 1.54) is 22.8 Å². The molecule has 2 rings (SSSR count). The van der Waals surface area contributed by atoms with Gasteiger partial charge < -0.3 is 9.84 Å². The first-order valence-corrected chi connectivity index (χ1v) is 7.76. The van der Waals surface area contributed by atoms with Crippen molar-refractivity contribution in [1.82, 2.24) is 0 Å². The number of rotatable bonds is 5. The zero-order chi connectivity index (χ0) is 13.9. The Hall–Kier alpha value is -1.57. The van der Waals surface area contributed by atoms with Gasteiger partial charge in [-0.2, -0.15) is 0 Å². The second kappa shape index (κ2) is 5.60. The van der Waals surface area contributed by atoms with Crippen molar-refractivity contribution in [2.75, 3.05) is 11.8 Å². The fourth-order valence-corrected chi connectivity index (χ4v) is 3.65. The van der Waals surface area contributed by atoms with Gasteiger partial charge in [-0.1, -0.05) is 0 Å². The molecule has 2 N–H and O–H groups in total. The number of hydrogen-bond acceptors (Lipinski definition) is 5. The third-order valence-corrected chi connectivity index (χ3v) is 4.87. The van der Waals surface area contributed by atoms with Gasteiger partial charge in [0.15, 0.2) is 0 Å². The van der Waals surface area contributed by atoms with Crippen molar-refractivity contribution in [2.45, 2.75) is 11.5 Å². The van der Waals surface area contributed by atoms with E-state index < -0.39 is 10.0 Å². The molecule has 0 saturated heterocycles. The van der Waals surface area contributed by atoms with Crippen molar-refractivity contribution >= 4 is 27.0 Å². The molecule has 0 saturated carbocycles. The van der Waals surface area contributed by atoms with Gasteiger partial charge in [0.1, 0.15) is 5.75 Å². The van der Waals surface area contributed by atoms with E-state index in [4.69, 9.17) is 9.84 Å². The van der Waals surface area contributed by atoms with Crippen LogP contribution in [-0.2, 0) is 16.6 Å². The molecule has 2 aromatic rings. The van der Waals surface area contributed by atoms with Crippen LogP contribution in [0.4, 0.5) is 5.69 Å². The quantitative estimate of drug-likeness (QED) is 0.886. The summed E-state index contributed by atoms with van der Waals surface area (Å²) >= 11 is 1.20. The number of benzene rings is 1. The van der Waals surface area contributed by atoms with E-state index in [0.29, 0.717) is 16.3 Å². The Labute approximate surface area is 115 Å². The predicted molar refractivity (Wildman–Crippen MR) is 74.0 cm³/mol. The molecule has 0 aliphatic carbocycles. The lowest BCUT2D eigenvalue weighted by molar-refractivity contribution is 0.285. The number of anilines is 1. The molecule has 1 heterocycles. The average molecular weight is 299 g/mol. The van der Waals surface area contributed by atoms with Crippen LogP contribution in [-0.4, -0.2) is 20.6 Å². The van der Waals surface area contributed by atoms with E-state index in [1.807, 2.05) is 0 Å². The van der Waals surface area contributed by atoms with Crippen LogP contribution in [0.15, 0.2) is 40.6 Å². The second-order valence-electron chi connectivity index (χ2n) is 3.74. The molecule has 19 heavy (non-hydrogen) atoms. The Kier molecular flexibility index (Phi) is 4.08. The van der Waals surface area contributed by atoms with Gasteiger partial charge in [-0.3, -0.25) is 4.72 Å². The highest BCUT2D eigenvalue weighted by Gasteiger charge is 2.16. The lowest BCUT2D eigenvalue weighted by Gasteiger charge is -2.07. The van der Waals surface area contributed by atoms with Crippen molar-refractivity contribution in [3.05, 3.63) is 40.6 Å². The number of hydrogen-bond donors (Lipinski definition) is 2. The number of aliphatic hydroxyl groups is 1. The van der Waals surface area contributed by atoms with Crippen LogP contribution in [0.1, 0.15) is 4.88 Å². The number of ether oxygens (including phenoxy) is 1. The van der Waals surface area contributed by atoms with Crippen molar-refractivity contribution in [1.29, 1.82) is 0 Å². The molecule has 0 atom stereocenters. The SMILES string of the molecule is COc1ccc(NS(=O)(=O)c2csc(CO)c2)cc1. The Bertz CT molecular complexity index is 647. The fraction of sp³-hybridized carbons (Fsp3) is 0.167. The molecular weight excluding hydrogens is 286 g/mol. The molecular formula is C12H13NO4S2. The minimum absolute atomic E-state index is 0.150. The number of nitrogens with one attached hydrogen (secondary N) is 1. The van der Waals surface area contributed by atoms with Crippen LogP contribution in [0, 0.1) is 0 Å². The largest absolute Gasteiger partial charge is 0.497 e. The first kappa shape index (κ1) is 13.9. The van der Waals surface area contributed by atoms with Crippen LogP contribution in [0.2, 0.25) is 0 Å². The number of sulfonamides is 1. The molecule has 0 unspecified atom stereocenters. The van der Waals surface area contributed by atoms with E-state index in [-0.39, 0.29) is 11.5 Å². The van der Waals surface area contributed by atoms with Crippen molar-refractivity contribution < 1.29 is 18.3 Å². The summed E-state index contributed by atoms with van der Waals surface area (Å²) in [6, 6.07) is 8.04. The molecule has 102 valence electrons. The van der Waals surface area contributed by atoms with Crippen LogP contribution in [0.5, 0.6) is 5.75 Å².